The van der Waals surface area contributed by atoms with Crippen molar-refractivity contribution in [2.24, 2.45) is 5.92 Å². The minimum atomic E-state index is -0.349. The van der Waals surface area contributed by atoms with E-state index >= 15 is 0 Å². The fourth-order valence-corrected chi connectivity index (χ4v) is 5.29. The zero-order chi connectivity index (χ0) is 30.7. The van der Waals surface area contributed by atoms with Crippen molar-refractivity contribution in [3.8, 4) is 17.1 Å². The van der Waals surface area contributed by atoms with Gasteiger partial charge in [-0.3, -0.25) is 0 Å². The van der Waals surface area contributed by atoms with Crippen LogP contribution in [0.15, 0.2) is 97.1 Å². The number of halogens is 1. The minimum Gasteiger partial charge on any atom is -0.496 e. The Labute approximate surface area is 256 Å². The summed E-state index contributed by atoms with van der Waals surface area (Å²) in [4.78, 5) is 11.8. The number of hydrogen-bond acceptors (Lipinski definition) is 6. The van der Waals surface area contributed by atoms with E-state index in [1.807, 2.05) is 48.5 Å². The van der Waals surface area contributed by atoms with Crippen LogP contribution in [0.25, 0.3) is 17.5 Å². The number of methoxy groups -OCH3 is 2. The molecule has 1 aromatic heterocycles. The van der Waals surface area contributed by atoms with Gasteiger partial charge >= 0.3 is 5.97 Å². The van der Waals surface area contributed by atoms with E-state index in [9.17, 15) is 9.18 Å². The number of benzene rings is 4. The summed E-state index contributed by atoms with van der Waals surface area (Å²) in [5, 5.41) is 14.1. The van der Waals surface area contributed by atoms with Crippen molar-refractivity contribution in [2.45, 2.75) is 32.1 Å². The van der Waals surface area contributed by atoms with Gasteiger partial charge in [-0.2, -0.15) is 0 Å². The van der Waals surface area contributed by atoms with Crippen LogP contribution in [0.1, 0.15) is 44.6 Å². The molecule has 1 unspecified atom stereocenters. The molecule has 44 heavy (non-hydrogen) atoms. The van der Waals surface area contributed by atoms with E-state index in [1.54, 1.807) is 25.3 Å². The molecular formula is C36H35FN4O3. The first-order chi connectivity index (χ1) is 21.5. The molecule has 8 heteroatoms. The van der Waals surface area contributed by atoms with Gasteiger partial charge in [0.1, 0.15) is 11.6 Å². The number of esters is 1. The van der Waals surface area contributed by atoms with Gasteiger partial charge in [-0.25, -0.2) is 14.3 Å². The quantitative estimate of drug-likeness (QED) is 0.147. The number of ether oxygens (including phenoxy) is 2. The Morgan fingerprint density at radius 3 is 2.36 bits per heavy atom. The van der Waals surface area contributed by atoms with Crippen LogP contribution < -0.4 is 4.74 Å². The highest BCUT2D eigenvalue weighted by Gasteiger charge is 2.12. The summed E-state index contributed by atoms with van der Waals surface area (Å²) < 4.78 is 24.8. The van der Waals surface area contributed by atoms with Crippen LogP contribution in [-0.4, -0.2) is 40.8 Å². The zero-order valence-corrected chi connectivity index (χ0v) is 24.9. The Balaban J connectivity index is 1.35. The number of tetrazole rings is 1. The first-order valence-electron chi connectivity index (χ1n) is 14.6. The number of carbonyl (C=O) groups is 1. The molecule has 0 saturated carbocycles. The molecular weight excluding hydrogens is 555 g/mol. The molecule has 4 aromatic carbocycles. The van der Waals surface area contributed by atoms with E-state index in [0.717, 1.165) is 65.7 Å². The number of aromatic amines is 1. The molecule has 0 aliphatic carbocycles. The second kappa shape index (κ2) is 14.9. The number of nitrogens with one attached hydrogen (secondary N) is 1. The lowest BCUT2D eigenvalue weighted by molar-refractivity contribution is 0.0600. The van der Waals surface area contributed by atoms with Gasteiger partial charge in [0.15, 0.2) is 5.82 Å². The van der Waals surface area contributed by atoms with E-state index in [2.05, 4.69) is 51.0 Å². The van der Waals surface area contributed by atoms with Gasteiger partial charge in [0.05, 0.1) is 19.8 Å². The smallest absolute Gasteiger partial charge is 0.337 e. The van der Waals surface area contributed by atoms with E-state index in [0.29, 0.717) is 11.4 Å². The normalized spacial score (nSPS) is 11.9. The summed E-state index contributed by atoms with van der Waals surface area (Å²) in [6.45, 7) is 0. The van der Waals surface area contributed by atoms with Crippen LogP contribution in [0.4, 0.5) is 4.39 Å². The Hall–Kier alpha value is -5.11. The topological polar surface area (TPSA) is 90.0 Å². The SMILES string of the molecule is COC(=O)c1ccc(CCC(/C=C\c2cc(F)ccc2CCc2ccccc2OC)Cc2ccc(-c3nnn[nH]3)cc2)cc1. The van der Waals surface area contributed by atoms with E-state index in [4.69, 9.17) is 9.47 Å². The lowest BCUT2D eigenvalue weighted by Gasteiger charge is -2.15. The Bertz CT molecular complexity index is 1680. The molecule has 7 nitrogen and oxygen atoms in total. The maximum atomic E-state index is 14.4. The molecule has 0 amide bonds. The number of hydrogen-bond donors (Lipinski definition) is 1. The third-order valence-electron chi connectivity index (χ3n) is 7.76. The van der Waals surface area contributed by atoms with Crippen LogP contribution in [0.2, 0.25) is 0 Å². The van der Waals surface area contributed by atoms with Crippen molar-refractivity contribution in [1.29, 1.82) is 0 Å². The van der Waals surface area contributed by atoms with Gasteiger partial charge < -0.3 is 9.47 Å². The number of para-hydroxylation sites is 1. The maximum absolute atomic E-state index is 14.4. The van der Waals surface area contributed by atoms with Gasteiger partial charge in [0, 0.05) is 5.56 Å². The number of rotatable bonds is 13. The predicted octanol–water partition coefficient (Wildman–Crippen LogP) is 7.09. The van der Waals surface area contributed by atoms with E-state index < -0.39 is 0 Å². The first kappa shape index (κ1) is 30.4. The van der Waals surface area contributed by atoms with Crippen molar-refractivity contribution in [1.82, 2.24) is 20.6 Å². The number of carbonyl (C=O) groups excluding carboxylic acids is 1. The summed E-state index contributed by atoms with van der Waals surface area (Å²) in [6, 6.07) is 28.7. The fourth-order valence-electron chi connectivity index (χ4n) is 5.29. The summed E-state index contributed by atoms with van der Waals surface area (Å²) in [5.74, 6) is 1.05. The molecule has 1 atom stereocenters. The van der Waals surface area contributed by atoms with Gasteiger partial charge in [-0.05, 0) is 107 Å². The largest absolute Gasteiger partial charge is 0.496 e. The zero-order valence-electron chi connectivity index (χ0n) is 24.9. The second-order valence-corrected chi connectivity index (χ2v) is 10.7. The summed E-state index contributed by atoms with van der Waals surface area (Å²) >= 11 is 0. The molecule has 224 valence electrons. The van der Waals surface area contributed by atoms with Gasteiger partial charge in [-0.1, -0.05) is 72.8 Å². The molecule has 0 saturated heterocycles. The third kappa shape index (κ3) is 8.04. The van der Waals surface area contributed by atoms with Crippen molar-refractivity contribution < 1.29 is 18.7 Å². The average molecular weight is 591 g/mol. The molecule has 5 rings (SSSR count). The summed E-state index contributed by atoms with van der Waals surface area (Å²) in [6.07, 6.45) is 8.29. The van der Waals surface area contributed by atoms with Crippen molar-refractivity contribution in [2.75, 3.05) is 14.2 Å². The summed E-state index contributed by atoms with van der Waals surface area (Å²) in [5.41, 5.74) is 6.82. The van der Waals surface area contributed by atoms with Crippen molar-refractivity contribution >= 4 is 12.0 Å². The fraction of sp³-hybridized carbons (Fsp3) is 0.222. The van der Waals surface area contributed by atoms with E-state index in [-0.39, 0.29) is 17.7 Å². The van der Waals surface area contributed by atoms with Crippen LogP contribution in [0.3, 0.4) is 0 Å². The average Bonchev–Trinajstić information content (AvgIpc) is 3.61. The molecule has 0 fully saturated rings. The molecule has 0 bridgehead atoms. The molecule has 1 heterocycles. The highest BCUT2D eigenvalue weighted by atomic mass is 19.1. The van der Waals surface area contributed by atoms with Gasteiger partial charge in [0.2, 0.25) is 0 Å². The highest BCUT2D eigenvalue weighted by molar-refractivity contribution is 5.89. The molecule has 5 aromatic rings. The van der Waals surface area contributed by atoms with Crippen LogP contribution in [0.5, 0.6) is 5.75 Å². The van der Waals surface area contributed by atoms with Crippen molar-refractivity contribution in [3.05, 3.63) is 136 Å². The number of nitrogens with zero attached hydrogens (tertiary/aromatic N) is 3. The van der Waals surface area contributed by atoms with Gasteiger partial charge in [0.25, 0.3) is 0 Å². The Morgan fingerprint density at radius 2 is 1.64 bits per heavy atom. The third-order valence-corrected chi connectivity index (χ3v) is 7.76. The van der Waals surface area contributed by atoms with Crippen LogP contribution in [-0.2, 0) is 30.4 Å². The molecule has 0 spiro atoms. The van der Waals surface area contributed by atoms with E-state index in [1.165, 1.54) is 18.7 Å². The number of aromatic nitrogens is 4. The maximum Gasteiger partial charge on any atom is 0.337 e. The Morgan fingerprint density at radius 1 is 0.886 bits per heavy atom. The first-order valence-corrected chi connectivity index (χ1v) is 14.6. The Kier molecular flexibility index (Phi) is 10.3. The predicted molar refractivity (Wildman–Crippen MR) is 169 cm³/mol. The minimum absolute atomic E-state index is 0.179. The highest BCUT2D eigenvalue weighted by Crippen LogP contribution is 2.25. The monoisotopic (exact) mass is 590 g/mol. The van der Waals surface area contributed by atoms with Crippen LogP contribution in [0, 0.1) is 11.7 Å². The second-order valence-electron chi connectivity index (χ2n) is 10.7. The molecule has 0 aliphatic heterocycles. The van der Waals surface area contributed by atoms with Crippen LogP contribution >= 0.6 is 0 Å². The number of allylic oxidation sites excluding steroid dienone is 1. The van der Waals surface area contributed by atoms with Crippen molar-refractivity contribution in [3.63, 3.8) is 0 Å². The lowest BCUT2D eigenvalue weighted by Crippen LogP contribution is -2.05. The summed E-state index contributed by atoms with van der Waals surface area (Å²) in [7, 11) is 3.06. The molecule has 0 radical (unpaired) electrons. The van der Waals surface area contributed by atoms with Gasteiger partial charge in [-0.15, -0.1) is 5.10 Å². The lowest BCUT2D eigenvalue weighted by atomic mass is 9.90. The molecule has 0 aliphatic rings. The molecule has 1 N–H and O–H groups in total. The number of H-pyrrole nitrogens is 1. The number of aryl methyl sites for hydroxylation is 3. The standard InChI is InChI=1S/C36H35FN4O3/c1-43-34-6-4-3-5-29(34)20-19-28-21-22-33(37)24-32(28)18-13-26(8-7-25-9-16-31(17-10-25)36(42)44-2)23-27-11-14-30(15-12-27)35-38-40-41-39-35/h3-6,9-18,21-22,24,26H,7-8,19-20,23H2,1-2H3,(H,38,39,40,41)/b18-13-.